The van der Waals surface area contributed by atoms with Crippen LogP contribution in [0.5, 0.6) is 0 Å². The fourth-order valence-corrected chi connectivity index (χ4v) is 1.01. The van der Waals surface area contributed by atoms with Crippen molar-refractivity contribution in [2.24, 2.45) is 5.73 Å². The fraction of sp³-hybridized carbons (Fsp3) is 0.300. The number of hydrogen-bond acceptors (Lipinski definition) is 3. The van der Waals surface area contributed by atoms with Crippen LogP contribution in [0.4, 0.5) is 0 Å². The van der Waals surface area contributed by atoms with Crippen LogP contribution in [0.1, 0.15) is 20.3 Å². The van der Waals surface area contributed by atoms with Gasteiger partial charge in [0.1, 0.15) is 0 Å². The van der Waals surface area contributed by atoms with Crippen LogP contribution in [0.15, 0.2) is 35.6 Å². The van der Waals surface area contributed by atoms with Crippen LogP contribution in [0.2, 0.25) is 0 Å². The van der Waals surface area contributed by atoms with Gasteiger partial charge in [-0.2, -0.15) is 0 Å². The predicted octanol–water partition coefficient (Wildman–Crippen LogP) is 1.54. The number of nitro groups is 1. The zero-order valence-corrected chi connectivity index (χ0v) is 8.82. The van der Waals surface area contributed by atoms with Crippen molar-refractivity contribution < 1.29 is 9.72 Å². The van der Waals surface area contributed by atoms with E-state index in [1.165, 1.54) is 13.0 Å². The highest BCUT2D eigenvalue weighted by atomic mass is 16.6. The number of amides is 1. The molecule has 0 aromatic heterocycles. The number of hydrogen-bond donors (Lipinski definition) is 1. The van der Waals surface area contributed by atoms with E-state index in [1.54, 1.807) is 6.92 Å². The zero-order chi connectivity index (χ0) is 12.0. The molecule has 0 unspecified atom stereocenters. The van der Waals surface area contributed by atoms with Crippen molar-refractivity contribution in [3.8, 4) is 0 Å². The molecule has 0 fully saturated rings. The van der Waals surface area contributed by atoms with Gasteiger partial charge in [0.15, 0.2) is 0 Å². The van der Waals surface area contributed by atoms with Gasteiger partial charge in [0, 0.05) is 17.2 Å². The molecule has 0 rings (SSSR count). The van der Waals surface area contributed by atoms with Gasteiger partial charge < -0.3 is 5.73 Å². The van der Waals surface area contributed by atoms with Crippen LogP contribution < -0.4 is 5.73 Å². The van der Waals surface area contributed by atoms with E-state index in [9.17, 15) is 14.9 Å². The molecule has 5 heteroatoms. The molecule has 2 N–H and O–H groups in total. The van der Waals surface area contributed by atoms with Gasteiger partial charge >= 0.3 is 0 Å². The highest BCUT2D eigenvalue weighted by Gasteiger charge is 2.12. The van der Waals surface area contributed by atoms with Crippen LogP contribution in [0, 0.1) is 10.1 Å². The third-order valence-electron chi connectivity index (χ3n) is 1.88. The van der Waals surface area contributed by atoms with Gasteiger partial charge in [0.25, 0.3) is 5.70 Å². The van der Waals surface area contributed by atoms with Crippen LogP contribution in [-0.4, -0.2) is 10.8 Å². The summed E-state index contributed by atoms with van der Waals surface area (Å²) in [4.78, 5) is 20.8. The highest BCUT2D eigenvalue weighted by molar-refractivity contribution is 5.91. The monoisotopic (exact) mass is 210 g/mol. The maximum Gasteiger partial charge on any atom is 0.271 e. The van der Waals surface area contributed by atoms with Crippen molar-refractivity contribution in [3.05, 3.63) is 45.7 Å². The third kappa shape index (κ3) is 3.76. The summed E-state index contributed by atoms with van der Waals surface area (Å²) >= 11 is 0. The first-order chi connectivity index (χ1) is 6.93. The summed E-state index contributed by atoms with van der Waals surface area (Å²) in [6.07, 6.45) is 3.01. The Balaban J connectivity index is 5.39. The van der Waals surface area contributed by atoms with Gasteiger partial charge in [-0.25, -0.2) is 0 Å². The second-order valence-corrected chi connectivity index (χ2v) is 2.92. The van der Waals surface area contributed by atoms with E-state index in [1.807, 2.05) is 0 Å². The standard InChI is InChI=1S/C10H14N2O3/c1-4-8(6-7(3)10(11)13)9(5-2)12(14)15/h5-6H,2,4H2,1,3H3,(H2,11,13)/b7-6+,9-8-. The summed E-state index contributed by atoms with van der Waals surface area (Å²) in [7, 11) is 0. The van der Waals surface area contributed by atoms with Gasteiger partial charge in [-0.1, -0.05) is 13.5 Å². The number of nitrogens with two attached hydrogens (primary N) is 1. The lowest BCUT2D eigenvalue weighted by molar-refractivity contribution is -0.420. The number of rotatable bonds is 5. The molecule has 0 aromatic rings. The average molecular weight is 210 g/mol. The van der Waals surface area contributed by atoms with Gasteiger partial charge in [-0.15, -0.1) is 0 Å². The molecule has 0 saturated carbocycles. The molecule has 15 heavy (non-hydrogen) atoms. The van der Waals surface area contributed by atoms with Gasteiger partial charge in [-0.3, -0.25) is 14.9 Å². The minimum absolute atomic E-state index is 0.0990. The van der Waals surface area contributed by atoms with Gasteiger partial charge in [0.05, 0.1) is 4.92 Å². The number of primary amides is 1. The predicted molar refractivity (Wildman–Crippen MR) is 57.5 cm³/mol. The van der Waals surface area contributed by atoms with Crippen molar-refractivity contribution in [3.63, 3.8) is 0 Å². The first-order valence-corrected chi connectivity index (χ1v) is 4.42. The minimum Gasteiger partial charge on any atom is -0.366 e. The molecule has 0 bridgehead atoms. The highest BCUT2D eigenvalue weighted by Crippen LogP contribution is 2.14. The second kappa shape index (κ2) is 5.74. The van der Waals surface area contributed by atoms with Gasteiger partial charge in [0.2, 0.25) is 5.91 Å². The number of nitrogens with zero attached hydrogens (tertiary/aromatic N) is 1. The van der Waals surface area contributed by atoms with E-state index in [0.29, 0.717) is 12.0 Å². The Morgan fingerprint density at radius 1 is 1.60 bits per heavy atom. The van der Waals surface area contributed by atoms with E-state index < -0.39 is 10.8 Å². The molecule has 0 aliphatic rings. The molecular weight excluding hydrogens is 196 g/mol. The first kappa shape index (κ1) is 13.1. The zero-order valence-electron chi connectivity index (χ0n) is 8.82. The Morgan fingerprint density at radius 2 is 2.13 bits per heavy atom. The summed E-state index contributed by atoms with van der Waals surface area (Å²) in [5.41, 5.74) is 5.65. The first-order valence-electron chi connectivity index (χ1n) is 4.42. The molecule has 0 radical (unpaired) electrons. The molecule has 5 nitrogen and oxygen atoms in total. The number of allylic oxidation sites excluding steroid dienone is 3. The average Bonchev–Trinajstić information content (AvgIpc) is 2.16. The number of carbonyl (C=O) groups excluding carboxylic acids is 1. The summed E-state index contributed by atoms with van der Waals surface area (Å²) in [6.45, 7) is 6.63. The minimum atomic E-state index is -0.590. The maximum atomic E-state index is 10.8. The Labute approximate surface area is 88.1 Å². The Hall–Kier alpha value is -1.91. The van der Waals surface area contributed by atoms with Crippen molar-refractivity contribution in [2.75, 3.05) is 0 Å². The van der Waals surface area contributed by atoms with E-state index in [2.05, 4.69) is 6.58 Å². The van der Waals surface area contributed by atoms with Crippen LogP contribution in [0.25, 0.3) is 0 Å². The third-order valence-corrected chi connectivity index (χ3v) is 1.88. The van der Waals surface area contributed by atoms with E-state index in [-0.39, 0.29) is 11.3 Å². The van der Waals surface area contributed by atoms with Crippen LogP contribution >= 0.6 is 0 Å². The van der Waals surface area contributed by atoms with E-state index >= 15 is 0 Å². The molecule has 0 spiro atoms. The second-order valence-electron chi connectivity index (χ2n) is 2.92. The summed E-state index contributed by atoms with van der Waals surface area (Å²) in [5.74, 6) is -0.590. The largest absolute Gasteiger partial charge is 0.366 e. The molecule has 0 heterocycles. The molecule has 82 valence electrons. The summed E-state index contributed by atoms with van der Waals surface area (Å²) < 4.78 is 0. The molecule has 1 amide bonds. The Kier molecular flexibility index (Phi) is 5.01. The lowest BCUT2D eigenvalue weighted by atomic mass is 10.1. The van der Waals surface area contributed by atoms with Crippen LogP contribution in [-0.2, 0) is 4.79 Å². The molecule has 0 aliphatic heterocycles. The Bertz CT molecular complexity index is 354. The molecule has 0 saturated heterocycles. The molecule has 0 atom stereocenters. The SMILES string of the molecule is C=C/C(=C(/C=C(\C)C(N)=O)CC)[N+](=O)[O-]. The topological polar surface area (TPSA) is 86.2 Å². The van der Waals surface area contributed by atoms with Crippen LogP contribution in [0.3, 0.4) is 0 Å². The van der Waals surface area contributed by atoms with Crippen molar-refractivity contribution >= 4 is 5.91 Å². The lowest BCUT2D eigenvalue weighted by Crippen LogP contribution is -2.12. The fourth-order valence-electron chi connectivity index (χ4n) is 1.01. The molecule has 0 aliphatic carbocycles. The van der Waals surface area contributed by atoms with E-state index in [4.69, 9.17) is 5.73 Å². The maximum absolute atomic E-state index is 10.8. The summed E-state index contributed by atoms with van der Waals surface area (Å²) in [5, 5.41) is 10.6. The van der Waals surface area contributed by atoms with Gasteiger partial charge in [-0.05, 0) is 19.4 Å². The molecular formula is C10H14N2O3. The normalized spacial score (nSPS) is 13.1. The van der Waals surface area contributed by atoms with Crippen molar-refractivity contribution in [1.29, 1.82) is 0 Å². The smallest absolute Gasteiger partial charge is 0.271 e. The van der Waals surface area contributed by atoms with E-state index in [0.717, 1.165) is 6.08 Å². The van der Waals surface area contributed by atoms with Crippen molar-refractivity contribution in [1.82, 2.24) is 0 Å². The van der Waals surface area contributed by atoms with Crippen molar-refractivity contribution in [2.45, 2.75) is 20.3 Å². The summed E-state index contributed by atoms with van der Waals surface area (Å²) in [6, 6.07) is 0. The number of carbonyl (C=O) groups is 1. The molecule has 0 aromatic carbocycles. The Morgan fingerprint density at radius 3 is 2.40 bits per heavy atom. The lowest BCUT2D eigenvalue weighted by Gasteiger charge is -2.00. The quantitative estimate of drug-likeness (QED) is 0.323.